The van der Waals surface area contributed by atoms with Gasteiger partial charge in [0.1, 0.15) is 5.75 Å². The van der Waals surface area contributed by atoms with Crippen molar-refractivity contribution in [1.82, 2.24) is 0 Å². The van der Waals surface area contributed by atoms with Crippen LogP contribution in [-0.2, 0) is 4.43 Å². The molecule has 0 spiro atoms. The molecule has 0 heterocycles. The topological polar surface area (TPSA) is 61.6 Å². The predicted molar refractivity (Wildman–Crippen MR) is 72.0 cm³/mol. The van der Waals surface area contributed by atoms with Gasteiger partial charge in [-0.3, -0.25) is 10.1 Å². The van der Waals surface area contributed by atoms with E-state index in [-0.39, 0.29) is 5.69 Å². The molecule has 18 heavy (non-hydrogen) atoms. The van der Waals surface area contributed by atoms with E-state index in [0.717, 1.165) is 0 Å². The summed E-state index contributed by atoms with van der Waals surface area (Å²) in [5.41, 5.74) is 0.0601. The van der Waals surface area contributed by atoms with Gasteiger partial charge in [-0.1, -0.05) is 13.8 Å². The number of hydrogen-bond acceptors (Lipinski definition) is 4. The van der Waals surface area contributed by atoms with Crippen molar-refractivity contribution in [3.8, 4) is 5.75 Å². The summed E-state index contributed by atoms with van der Waals surface area (Å²) in [5, 5.41) is 10.5. The van der Waals surface area contributed by atoms with Crippen LogP contribution in [0, 0.1) is 16.0 Å². The number of rotatable bonds is 6. The highest BCUT2D eigenvalue weighted by atomic mass is 28.4. The lowest BCUT2D eigenvalue weighted by atomic mass is 10.2. The van der Waals surface area contributed by atoms with Crippen molar-refractivity contribution in [3.05, 3.63) is 34.4 Å². The average Bonchev–Trinajstić information content (AvgIpc) is 2.27. The zero-order valence-corrected chi connectivity index (χ0v) is 12.2. The van der Waals surface area contributed by atoms with Crippen LogP contribution in [0.2, 0.25) is 13.1 Å². The van der Waals surface area contributed by atoms with Crippen LogP contribution < -0.4 is 4.43 Å². The molecule has 0 atom stereocenters. The predicted octanol–water partition coefficient (Wildman–Crippen LogP) is 3.35. The highest BCUT2D eigenvalue weighted by molar-refractivity contribution is 6.65. The maximum atomic E-state index is 10.5. The molecule has 100 valence electrons. The van der Waals surface area contributed by atoms with Gasteiger partial charge >= 0.3 is 8.56 Å². The Labute approximate surface area is 108 Å². The molecular weight excluding hydrogens is 250 g/mol. The van der Waals surface area contributed by atoms with Crippen LogP contribution in [-0.4, -0.2) is 20.1 Å². The highest BCUT2D eigenvalue weighted by Gasteiger charge is 2.27. The molecule has 0 aliphatic rings. The first kappa shape index (κ1) is 14.7. The minimum absolute atomic E-state index is 0.0601. The van der Waals surface area contributed by atoms with E-state index in [9.17, 15) is 10.1 Å². The lowest BCUT2D eigenvalue weighted by Gasteiger charge is -2.24. The molecule has 1 aromatic carbocycles. The molecule has 0 unspecified atom stereocenters. The van der Waals surface area contributed by atoms with Crippen molar-refractivity contribution in [2.45, 2.75) is 26.9 Å². The van der Waals surface area contributed by atoms with Crippen LogP contribution in [0.4, 0.5) is 5.69 Å². The first-order chi connectivity index (χ1) is 8.30. The van der Waals surface area contributed by atoms with E-state index >= 15 is 0 Å². The molecular formula is C12H19NO4Si. The fourth-order valence-corrected chi connectivity index (χ4v) is 2.81. The minimum atomic E-state index is -2.22. The fraction of sp³-hybridized carbons (Fsp3) is 0.500. The number of nitro groups is 1. The van der Waals surface area contributed by atoms with E-state index in [4.69, 9.17) is 8.85 Å². The van der Waals surface area contributed by atoms with E-state index in [1.165, 1.54) is 12.1 Å². The molecule has 0 amide bonds. The number of benzene rings is 1. The Morgan fingerprint density at radius 2 is 1.83 bits per heavy atom. The van der Waals surface area contributed by atoms with Gasteiger partial charge in [-0.05, 0) is 31.1 Å². The summed E-state index contributed by atoms with van der Waals surface area (Å²) >= 11 is 0. The molecule has 0 bridgehead atoms. The van der Waals surface area contributed by atoms with Crippen LogP contribution >= 0.6 is 0 Å². The highest BCUT2D eigenvalue weighted by Crippen LogP contribution is 2.21. The summed E-state index contributed by atoms with van der Waals surface area (Å²) in [6, 6.07) is 6.07. The molecule has 6 heteroatoms. The summed E-state index contributed by atoms with van der Waals surface area (Å²) in [5.74, 6) is 1.07. The van der Waals surface area contributed by atoms with Crippen LogP contribution in [0.3, 0.4) is 0 Å². The van der Waals surface area contributed by atoms with Gasteiger partial charge in [0.2, 0.25) is 0 Å². The average molecular weight is 269 g/mol. The van der Waals surface area contributed by atoms with Crippen molar-refractivity contribution < 1.29 is 13.8 Å². The van der Waals surface area contributed by atoms with Gasteiger partial charge in [-0.15, -0.1) is 0 Å². The Hall–Kier alpha value is -1.40. The van der Waals surface area contributed by atoms with E-state index in [1.54, 1.807) is 12.1 Å². The second-order valence-corrected chi connectivity index (χ2v) is 8.25. The van der Waals surface area contributed by atoms with Crippen molar-refractivity contribution >= 4 is 14.2 Å². The second-order valence-electron chi connectivity index (χ2n) is 4.96. The largest absolute Gasteiger partial charge is 0.520 e. The quantitative estimate of drug-likeness (QED) is 0.451. The minimum Gasteiger partial charge on any atom is -0.520 e. The van der Waals surface area contributed by atoms with Gasteiger partial charge in [-0.2, -0.15) is 0 Å². The molecule has 0 aliphatic carbocycles. The van der Waals surface area contributed by atoms with E-state index in [1.807, 2.05) is 13.1 Å². The second kappa shape index (κ2) is 5.97. The van der Waals surface area contributed by atoms with E-state index in [0.29, 0.717) is 18.3 Å². The number of nitrogens with zero attached hydrogens (tertiary/aromatic N) is 1. The van der Waals surface area contributed by atoms with Crippen LogP contribution in [0.5, 0.6) is 5.75 Å². The number of non-ortho nitro benzene ring substituents is 1. The SMILES string of the molecule is CC(C)CO[Si](C)(C)Oc1ccc([N+](=O)[O-])cc1. The van der Waals surface area contributed by atoms with Gasteiger partial charge in [0, 0.05) is 18.7 Å². The monoisotopic (exact) mass is 269 g/mol. The number of hydrogen-bond donors (Lipinski definition) is 0. The van der Waals surface area contributed by atoms with Crippen molar-refractivity contribution in [1.29, 1.82) is 0 Å². The van der Waals surface area contributed by atoms with Gasteiger partial charge in [0.25, 0.3) is 5.69 Å². The van der Waals surface area contributed by atoms with Gasteiger partial charge in [0.15, 0.2) is 0 Å². The lowest BCUT2D eigenvalue weighted by molar-refractivity contribution is -0.384. The normalized spacial score (nSPS) is 11.6. The summed E-state index contributed by atoms with van der Waals surface area (Å²) < 4.78 is 11.5. The fourth-order valence-electron chi connectivity index (χ4n) is 1.32. The summed E-state index contributed by atoms with van der Waals surface area (Å²) in [6.07, 6.45) is 0. The van der Waals surface area contributed by atoms with Crippen LogP contribution in [0.25, 0.3) is 0 Å². The first-order valence-corrected chi connectivity index (χ1v) is 8.69. The maximum absolute atomic E-state index is 10.5. The summed E-state index contributed by atoms with van der Waals surface area (Å²) in [4.78, 5) is 10.1. The molecule has 1 rings (SSSR count). The summed E-state index contributed by atoms with van der Waals surface area (Å²) in [7, 11) is -2.22. The Morgan fingerprint density at radius 1 is 1.28 bits per heavy atom. The third-order valence-corrected chi connectivity index (χ3v) is 3.76. The van der Waals surface area contributed by atoms with Crippen molar-refractivity contribution in [3.63, 3.8) is 0 Å². The molecule has 0 saturated carbocycles. The third kappa shape index (κ3) is 4.85. The summed E-state index contributed by atoms with van der Waals surface area (Å²) in [6.45, 7) is 8.73. The lowest BCUT2D eigenvalue weighted by Crippen LogP contribution is -2.39. The molecule has 0 saturated heterocycles. The van der Waals surface area contributed by atoms with Gasteiger partial charge in [-0.25, -0.2) is 0 Å². The zero-order chi connectivity index (χ0) is 13.8. The van der Waals surface area contributed by atoms with Crippen molar-refractivity contribution in [2.24, 2.45) is 5.92 Å². The Bertz CT molecular complexity index is 403. The Kier molecular flexibility index (Phi) is 4.86. The smallest absolute Gasteiger partial charge is 0.392 e. The molecule has 0 N–H and O–H groups in total. The number of nitro benzene ring substituents is 1. The first-order valence-electron chi connectivity index (χ1n) is 5.87. The Morgan fingerprint density at radius 3 is 2.28 bits per heavy atom. The zero-order valence-electron chi connectivity index (χ0n) is 11.2. The van der Waals surface area contributed by atoms with Gasteiger partial charge in [0.05, 0.1) is 4.92 Å². The van der Waals surface area contributed by atoms with Crippen LogP contribution in [0.15, 0.2) is 24.3 Å². The molecule has 0 aromatic heterocycles. The molecule has 0 aliphatic heterocycles. The molecule has 0 radical (unpaired) electrons. The standard InChI is InChI=1S/C12H19NO4Si/c1-10(2)9-16-18(3,4)17-12-7-5-11(6-8-12)13(14)15/h5-8,10H,9H2,1-4H3. The van der Waals surface area contributed by atoms with Crippen molar-refractivity contribution in [2.75, 3.05) is 6.61 Å². The molecule has 1 aromatic rings. The Balaban J connectivity index is 2.63. The molecule has 0 fully saturated rings. The third-order valence-electron chi connectivity index (χ3n) is 2.18. The van der Waals surface area contributed by atoms with E-state index < -0.39 is 13.5 Å². The van der Waals surface area contributed by atoms with Gasteiger partial charge < -0.3 is 8.85 Å². The van der Waals surface area contributed by atoms with E-state index in [2.05, 4.69) is 13.8 Å². The van der Waals surface area contributed by atoms with Crippen LogP contribution in [0.1, 0.15) is 13.8 Å². The maximum Gasteiger partial charge on any atom is 0.392 e. The molecule has 5 nitrogen and oxygen atoms in total.